The van der Waals surface area contributed by atoms with E-state index in [0.29, 0.717) is 5.56 Å². The van der Waals surface area contributed by atoms with Crippen LogP contribution in [0.25, 0.3) is 6.08 Å². The second-order valence-electron chi connectivity index (χ2n) is 5.07. The number of amides is 2. The van der Waals surface area contributed by atoms with E-state index in [-0.39, 0.29) is 11.5 Å². The Morgan fingerprint density at radius 1 is 1.20 bits per heavy atom. The summed E-state index contributed by atoms with van der Waals surface area (Å²) in [6, 6.07) is 6.94. The number of nitrogens with one attached hydrogen (secondary N) is 2. The Labute approximate surface area is 142 Å². The lowest BCUT2D eigenvalue weighted by atomic mass is 10.1. The van der Waals surface area contributed by atoms with E-state index >= 15 is 0 Å². The Hall–Kier alpha value is -3.42. The fourth-order valence-electron chi connectivity index (χ4n) is 1.81. The number of carboxylic acid groups (broad SMARTS) is 1. The van der Waals surface area contributed by atoms with Crippen LogP contribution in [0.1, 0.15) is 23.0 Å². The van der Waals surface area contributed by atoms with Crippen LogP contribution < -0.4 is 10.6 Å². The van der Waals surface area contributed by atoms with Gasteiger partial charge in [-0.25, -0.2) is 4.39 Å². The fourth-order valence-corrected chi connectivity index (χ4v) is 1.81. The molecule has 2 amide bonds. The molecule has 1 unspecified atom stereocenters. The highest BCUT2D eigenvalue weighted by Crippen LogP contribution is 2.09. The second kappa shape index (κ2) is 7.91. The molecule has 0 saturated carbocycles. The molecule has 0 spiro atoms. The molecule has 1 aromatic carbocycles. The van der Waals surface area contributed by atoms with Gasteiger partial charge in [0.1, 0.15) is 17.6 Å². The predicted octanol–water partition coefficient (Wildman–Crippen LogP) is 1.78. The summed E-state index contributed by atoms with van der Waals surface area (Å²) in [5.41, 5.74) is 0.232. The minimum absolute atomic E-state index is 0.0240. The third kappa shape index (κ3) is 5.03. The summed E-state index contributed by atoms with van der Waals surface area (Å²) >= 11 is 0. The summed E-state index contributed by atoms with van der Waals surface area (Å²) in [6.45, 7) is 1.28. The Kier molecular flexibility index (Phi) is 5.67. The summed E-state index contributed by atoms with van der Waals surface area (Å²) in [6.07, 6.45) is 2.59. The predicted molar refractivity (Wildman–Crippen MR) is 85.8 cm³/mol. The van der Waals surface area contributed by atoms with Crippen LogP contribution in [0.3, 0.4) is 0 Å². The number of carbonyl (C=O) groups is 3. The molecule has 1 atom stereocenters. The van der Waals surface area contributed by atoms with Gasteiger partial charge in [-0.15, -0.1) is 0 Å². The summed E-state index contributed by atoms with van der Waals surface area (Å²) < 4.78 is 17.9. The molecule has 1 heterocycles. The normalized spacial score (nSPS) is 12.3. The Bertz CT molecular complexity index is 797. The topological polar surface area (TPSA) is 109 Å². The highest BCUT2D eigenvalue weighted by Gasteiger charge is 2.20. The van der Waals surface area contributed by atoms with Crippen LogP contribution in [-0.2, 0) is 9.59 Å². The lowest BCUT2D eigenvalue weighted by Crippen LogP contribution is -2.42. The number of aliphatic carboxylic acids is 1. The van der Waals surface area contributed by atoms with E-state index < -0.39 is 29.6 Å². The van der Waals surface area contributed by atoms with E-state index in [9.17, 15) is 18.8 Å². The molecule has 1 aromatic heterocycles. The van der Waals surface area contributed by atoms with Crippen molar-refractivity contribution in [1.82, 2.24) is 10.6 Å². The molecule has 0 radical (unpaired) electrons. The zero-order valence-electron chi connectivity index (χ0n) is 13.2. The van der Waals surface area contributed by atoms with Gasteiger partial charge in [-0.1, -0.05) is 12.1 Å². The summed E-state index contributed by atoms with van der Waals surface area (Å²) in [5, 5.41) is 13.5. The number of furan rings is 1. The summed E-state index contributed by atoms with van der Waals surface area (Å²) in [7, 11) is 0. The number of hydrogen-bond acceptors (Lipinski definition) is 4. The van der Waals surface area contributed by atoms with Gasteiger partial charge < -0.3 is 20.2 Å². The first-order valence-electron chi connectivity index (χ1n) is 7.22. The van der Waals surface area contributed by atoms with Crippen molar-refractivity contribution in [2.24, 2.45) is 0 Å². The average Bonchev–Trinajstić information content (AvgIpc) is 3.10. The largest absolute Gasteiger partial charge is 0.480 e. The van der Waals surface area contributed by atoms with Crippen LogP contribution in [0.5, 0.6) is 0 Å². The lowest BCUT2D eigenvalue weighted by Gasteiger charge is -2.13. The molecule has 7 nitrogen and oxygen atoms in total. The van der Waals surface area contributed by atoms with Crippen molar-refractivity contribution < 1.29 is 28.3 Å². The van der Waals surface area contributed by atoms with Crippen LogP contribution in [0.15, 0.2) is 52.8 Å². The van der Waals surface area contributed by atoms with Gasteiger partial charge in [0.05, 0.1) is 6.26 Å². The maximum Gasteiger partial charge on any atom is 0.325 e. The summed E-state index contributed by atoms with van der Waals surface area (Å²) in [5.74, 6) is -3.20. The molecule has 0 fully saturated rings. The third-order valence-corrected chi connectivity index (χ3v) is 3.14. The SMILES string of the molecule is CC(NC(=O)C(=Cc1ccc(F)cc1)NC(=O)c1ccco1)C(=O)O. The van der Waals surface area contributed by atoms with Crippen molar-refractivity contribution in [3.8, 4) is 0 Å². The molecule has 8 heteroatoms. The number of halogens is 1. The quantitative estimate of drug-likeness (QED) is 0.691. The van der Waals surface area contributed by atoms with E-state index in [1.165, 1.54) is 55.7 Å². The molecule has 130 valence electrons. The highest BCUT2D eigenvalue weighted by atomic mass is 19.1. The van der Waals surface area contributed by atoms with E-state index in [0.717, 1.165) is 0 Å². The monoisotopic (exact) mass is 346 g/mol. The molecule has 0 aliphatic heterocycles. The van der Waals surface area contributed by atoms with Crippen molar-refractivity contribution in [3.05, 3.63) is 65.5 Å². The van der Waals surface area contributed by atoms with Gasteiger partial charge in [-0.2, -0.15) is 0 Å². The van der Waals surface area contributed by atoms with Gasteiger partial charge in [-0.3, -0.25) is 14.4 Å². The van der Waals surface area contributed by atoms with Crippen LogP contribution in [0.2, 0.25) is 0 Å². The Balaban J connectivity index is 2.26. The van der Waals surface area contributed by atoms with Crippen LogP contribution in [0, 0.1) is 5.82 Å². The first kappa shape index (κ1) is 17.9. The van der Waals surface area contributed by atoms with Crippen molar-refractivity contribution in [1.29, 1.82) is 0 Å². The van der Waals surface area contributed by atoms with Crippen molar-refractivity contribution in [2.45, 2.75) is 13.0 Å². The molecular weight excluding hydrogens is 331 g/mol. The van der Waals surface area contributed by atoms with Gasteiger partial charge in [0, 0.05) is 0 Å². The fraction of sp³-hybridized carbons (Fsp3) is 0.118. The van der Waals surface area contributed by atoms with E-state index in [4.69, 9.17) is 9.52 Å². The second-order valence-corrected chi connectivity index (χ2v) is 5.07. The van der Waals surface area contributed by atoms with Crippen molar-refractivity contribution in [2.75, 3.05) is 0 Å². The molecule has 0 aliphatic carbocycles. The molecule has 0 aliphatic rings. The zero-order chi connectivity index (χ0) is 18.4. The van der Waals surface area contributed by atoms with Gasteiger partial charge >= 0.3 is 5.97 Å². The van der Waals surface area contributed by atoms with Crippen LogP contribution in [-0.4, -0.2) is 28.9 Å². The minimum atomic E-state index is -1.23. The zero-order valence-corrected chi connectivity index (χ0v) is 13.2. The molecule has 3 N–H and O–H groups in total. The lowest BCUT2D eigenvalue weighted by molar-refractivity contribution is -0.140. The maximum absolute atomic E-state index is 13.0. The smallest absolute Gasteiger partial charge is 0.325 e. The number of hydrogen-bond donors (Lipinski definition) is 3. The molecular formula is C17H15FN2O5. The number of carboxylic acids is 1. The molecule has 2 aromatic rings. The minimum Gasteiger partial charge on any atom is -0.480 e. The van der Waals surface area contributed by atoms with Crippen LogP contribution >= 0.6 is 0 Å². The van der Waals surface area contributed by atoms with Crippen LogP contribution in [0.4, 0.5) is 4.39 Å². The molecule has 0 saturated heterocycles. The standard InChI is InChI=1S/C17H15FN2O5/c1-10(17(23)24)19-15(21)13(9-11-4-6-12(18)7-5-11)20-16(22)14-3-2-8-25-14/h2-10H,1H3,(H,19,21)(H,20,22)(H,23,24). The molecule has 2 rings (SSSR count). The van der Waals surface area contributed by atoms with Gasteiger partial charge in [0.2, 0.25) is 0 Å². The molecule has 25 heavy (non-hydrogen) atoms. The first-order chi connectivity index (χ1) is 11.9. The van der Waals surface area contributed by atoms with E-state index in [2.05, 4.69) is 10.6 Å². The maximum atomic E-state index is 13.0. The summed E-state index contributed by atoms with van der Waals surface area (Å²) in [4.78, 5) is 35.2. The molecule has 0 bridgehead atoms. The van der Waals surface area contributed by atoms with Gasteiger partial charge in [0.15, 0.2) is 5.76 Å². The average molecular weight is 346 g/mol. The number of carbonyl (C=O) groups excluding carboxylic acids is 2. The number of rotatable bonds is 6. The van der Waals surface area contributed by atoms with Crippen molar-refractivity contribution in [3.63, 3.8) is 0 Å². The van der Waals surface area contributed by atoms with E-state index in [1.54, 1.807) is 0 Å². The third-order valence-electron chi connectivity index (χ3n) is 3.14. The van der Waals surface area contributed by atoms with E-state index in [1.807, 2.05) is 0 Å². The highest BCUT2D eigenvalue weighted by molar-refractivity contribution is 6.05. The Morgan fingerprint density at radius 3 is 2.44 bits per heavy atom. The van der Waals surface area contributed by atoms with Gasteiger partial charge in [-0.05, 0) is 42.8 Å². The Morgan fingerprint density at radius 2 is 1.88 bits per heavy atom. The van der Waals surface area contributed by atoms with Crippen molar-refractivity contribution >= 4 is 23.9 Å². The van der Waals surface area contributed by atoms with Gasteiger partial charge in [0.25, 0.3) is 11.8 Å². The first-order valence-corrected chi connectivity index (χ1v) is 7.22. The number of benzene rings is 1.